The van der Waals surface area contributed by atoms with Crippen LogP contribution in [0.15, 0.2) is 21.8 Å². The van der Waals surface area contributed by atoms with Crippen molar-refractivity contribution in [3.8, 4) is 0 Å². The van der Waals surface area contributed by atoms with Crippen LogP contribution in [0.4, 0.5) is 0 Å². The van der Waals surface area contributed by atoms with Crippen LogP contribution in [0.5, 0.6) is 0 Å². The van der Waals surface area contributed by atoms with E-state index in [4.69, 9.17) is 4.52 Å². The molecule has 0 spiro atoms. The van der Waals surface area contributed by atoms with Crippen molar-refractivity contribution in [2.24, 2.45) is 10.9 Å². The molecule has 0 saturated carbocycles. The molecule has 2 saturated heterocycles. The number of aromatic nitrogens is 1. The average Bonchev–Trinajstić information content (AvgIpc) is 3.17. The summed E-state index contributed by atoms with van der Waals surface area (Å²) in [4.78, 5) is 11.9. The Bertz CT molecular complexity index is 550. The largest absolute Gasteiger partial charge is 0.364 e. The molecule has 7 nitrogen and oxygen atoms in total. The van der Waals surface area contributed by atoms with Crippen LogP contribution in [0.2, 0.25) is 0 Å². The molecule has 2 fully saturated rings. The zero-order valence-corrected chi connectivity index (χ0v) is 16.5. The van der Waals surface area contributed by atoms with E-state index in [2.05, 4.69) is 44.0 Å². The fraction of sp³-hybridized carbons (Fsp3) is 0.789. The maximum atomic E-state index is 4.92. The van der Waals surface area contributed by atoms with Crippen molar-refractivity contribution >= 4 is 5.96 Å². The molecule has 7 heteroatoms. The van der Waals surface area contributed by atoms with E-state index in [1.807, 2.05) is 13.1 Å². The molecule has 0 bridgehead atoms. The highest BCUT2D eigenvalue weighted by molar-refractivity contribution is 5.80. The van der Waals surface area contributed by atoms with Gasteiger partial charge in [-0.3, -0.25) is 9.89 Å². The van der Waals surface area contributed by atoms with Crippen molar-refractivity contribution in [2.45, 2.75) is 39.3 Å². The Balaban J connectivity index is 1.42. The Labute approximate surface area is 157 Å². The van der Waals surface area contributed by atoms with Crippen LogP contribution in [0.3, 0.4) is 0 Å². The zero-order chi connectivity index (χ0) is 18.4. The molecule has 1 aromatic rings. The van der Waals surface area contributed by atoms with Crippen LogP contribution < -0.4 is 5.32 Å². The minimum Gasteiger partial charge on any atom is -0.364 e. The molecule has 1 aromatic heterocycles. The van der Waals surface area contributed by atoms with Gasteiger partial charge in [-0.25, -0.2) is 0 Å². The number of rotatable bonds is 5. The van der Waals surface area contributed by atoms with Gasteiger partial charge < -0.3 is 19.6 Å². The SMILES string of the molecule is CN=C(NCC1CCCN(C(C)C)C1)N1CCN(Cc2ccon2)CC1. The summed E-state index contributed by atoms with van der Waals surface area (Å²) in [5.41, 5.74) is 1.01. The molecular weight excluding hydrogens is 328 g/mol. The molecule has 0 amide bonds. The number of aliphatic imine (C=N–C) groups is 1. The second kappa shape index (κ2) is 9.37. The van der Waals surface area contributed by atoms with Crippen LogP contribution in [0, 0.1) is 5.92 Å². The summed E-state index contributed by atoms with van der Waals surface area (Å²) in [6, 6.07) is 2.59. The number of guanidine groups is 1. The number of piperidine rings is 1. The second-order valence-electron chi connectivity index (χ2n) is 7.78. The molecule has 3 heterocycles. The number of nitrogens with one attached hydrogen (secondary N) is 1. The number of hydrogen-bond acceptors (Lipinski definition) is 5. The minimum absolute atomic E-state index is 0.648. The van der Waals surface area contributed by atoms with E-state index in [9.17, 15) is 0 Å². The van der Waals surface area contributed by atoms with Crippen molar-refractivity contribution < 1.29 is 4.52 Å². The standard InChI is InChI=1S/C19H34N6O/c1-16(2)25-7-4-5-17(14-25)13-21-19(20-3)24-10-8-23(9-11-24)15-18-6-12-26-22-18/h6,12,16-17H,4-5,7-11,13-15H2,1-3H3,(H,20,21). The Morgan fingerprint density at radius 2 is 2.12 bits per heavy atom. The molecule has 0 radical (unpaired) electrons. The molecule has 1 N–H and O–H groups in total. The highest BCUT2D eigenvalue weighted by Gasteiger charge is 2.24. The molecule has 0 aliphatic carbocycles. The van der Waals surface area contributed by atoms with Gasteiger partial charge >= 0.3 is 0 Å². The lowest BCUT2D eigenvalue weighted by Gasteiger charge is -2.38. The van der Waals surface area contributed by atoms with Crippen LogP contribution in [-0.4, -0.2) is 84.7 Å². The molecule has 26 heavy (non-hydrogen) atoms. The fourth-order valence-corrected chi connectivity index (χ4v) is 3.97. The predicted molar refractivity (Wildman–Crippen MR) is 104 cm³/mol. The van der Waals surface area contributed by atoms with Crippen molar-refractivity contribution in [2.75, 3.05) is 52.9 Å². The molecule has 1 unspecified atom stereocenters. The van der Waals surface area contributed by atoms with Gasteiger partial charge in [0.05, 0.1) is 5.69 Å². The van der Waals surface area contributed by atoms with Gasteiger partial charge in [-0.15, -0.1) is 0 Å². The zero-order valence-electron chi connectivity index (χ0n) is 16.5. The molecule has 2 aliphatic rings. The topological polar surface area (TPSA) is 60.1 Å². The third-order valence-corrected chi connectivity index (χ3v) is 5.59. The van der Waals surface area contributed by atoms with Crippen LogP contribution in [-0.2, 0) is 6.54 Å². The van der Waals surface area contributed by atoms with Gasteiger partial charge in [0.2, 0.25) is 0 Å². The summed E-state index contributed by atoms with van der Waals surface area (Å²) >= 11 is 0. The molecular formula is C19H34N6O. The Hall–Kier alpha value is -1.60. The third-order valence-electron chi connectivity index (χ3n) is 5.59. The van der Waals surface area contributed by atoms with Crippen molar-refractivity contribution in [3.63, 3.8) is 0 Å². The van der Waals surface area contributed by atoms with E-state index in [-0.39, 0.29) is 0 Å². The third kappa shape index (κ3) is 5.20. The van der Waals surface area contributed by atoms with Gasteiger partial charge in [0, 0.05) is 65.0 Å². The highest BCUT2D eigenvalue weighted by Crippen LogP contribution is 2.18. The summed E-state index contributed by atoms with van der Waals surface area (Å²) < 4.78 is 4.92. The maximum Gasteiger partial charge on any atom is 0.193 e. The summed E-state index contributed by atoms with van der Waals surface area (Å²) in [6.07, 6.45) is 4.27. The van der Waals surface area contributed by atoms with E-state index in [1.54, 1.807) is 6.26 Å². The van der Waals surface area contributed by atoms with E-state index < -0.39 is 0 Å². The Morgan fingerprint density at radius 1 is 1.31 bits per heavy atom. The molecule has 146 valence electrons. The monoisotopic (exact) mass is 362 g/mol. The summed E-state index contributed by atoms with van der Waals surface area (Å²) in [7, 11) is 1.89. The van der Waals surface area contributed by atoms with E-state index in [1.165, 1.54) is 25.9 Å². The Kier molecular flexibility index (Phi) is 6.91. The molecule has 1 atom stereocenters. The summed E-state index contributed by atoms with van der Waals surface area (Å²) in [6.45, 7) is 13.0. The second-order valence-corrected chi connectivity index (χ2v) is 7.78. The quantitative estimate of drug-likeness (QED) is 0.633. The average molecular weight is 363 g/mol. The maximum absolute atomic E-state index is 4.92. The molecule has 0 aromatic carbocycles. The van der Waals surface area contributed by atoms with Crippen molar-refractivity contribution in [3.05, 3.63) is 18.0 Å². The first-order valence-corrected chi connectivity index (χ1v) is 9.97. The lowest BCUT2D eigenvalue weighted by Crippen LogP contribution is -2.53. The first kappa shape index (κ1) is 19.2. The van der Waals surface area contributed by atoms with Gasteiger partial charge in [-0.05, 0) is 39.2 Å². The summed E-state index contributed by atoms with van der Waals surface area (Å²) in [5.74, 6) is 1.77. The van der Waals surface area contributed by atoms with E-state index in [0.29, 0.717) is 6.04 Å². The molecule has 3 rings (SSSR count). The van der Waals surface area contributed by atoms with Gasteiger partial charge in [-0.2, -0.15) is 0 Å². The van der Waals surface area contributed by atoms with Crippen LogP contribution >= 0.6 is 0 Å². The number of hydrogen-bond donors (Lipinski definition) is 1. The van der Waals surface area contributed by atoms with Crippen molar-refractivity contribution in [1.29, 1.82) is 0 Å². The number of piperazine rings is 1. The van der Waals surface area contributed by atoms with Crippen molar-refractivity contribution in [1.82, 2.24) is 25.2 Å². The van der Waals surface area contributed by atoms with Crippen LogP contribution in [0.25, 0.3) is 0 Å². The fourth-order valence-electron chi connectivity index (χ4n) is 3.97. The van der Waals surface area contributed by atoms with Gasteiger partial charge in [0.25, 0.3) is 0 Å². The number of likely N-dealkylation sites (tertiary alicyclic amines) is 1. The first-order chi connectivity index (χ1) is 12.7. The minimum atomic E-state index is 0.648. The normalized spacial score (nSPS) is 23.6. The van der Waals surface area contributed by atoms with Crippen LogP contribution in [0.1, 0.15) is 32.4 Å². The summed E-state index contributed by atoms with van der Waals surface area (Å²) in [5, 5.41) is 7.64. The predicted octanol–water partition coefficient (Wildman–Crippen LogP) is 1.49. The number of nitrogens with zero attached hydrogens (tertiary/aromatic N) is 5. The highest BCUT2D eigenvalue weighted by atomic mass is 16.5. The van der Waals surface area contributed by atoms with E-state index in [0.717, 1.165) is 56.8 Å². The van der Waals surface area contributed by atoms with Gasteiger partial charge in [0.1, 0.15) is 6.26 Å². The molecule has 2 aliphatic heterocycles. The Morgan fingerprint density at radius 3 is 2.77 bits per heavy atom. The first-order valence-electron chi connectivity index (χ1n) is 9.97. The lowest BCUT2D eigenvalue weighted by atomic mass is 9.97. The van der Waals surface area contributed by atoms with Gasteiger partial charge in [0.15, 0.2) is 5.96 Å². The van der Waals surface area contributed by atoms with E-state index >= 15 is 0 Å². The van der Waals surface area contributed by atoms with Gasteiger partial charge in [-0.1, -0.05) is 5.16 Å². The smallest absolute Gasteiger partial charge is 0.193 e. The lowest BCUT2D eigenvalue weighted by molar-refractivity contribution is 0.139.